The first-order valence-electron chi connectivity index (χ1n) is 14.7. The molecule has 1 saturated carbocycles. The summed E-state index contributed by atoms with van der Waals surface area (Å²) in [6.45, 7) is 1.94. The van der Waals surface area contributed by atoms with Crippen molar-refractivity contribution < 1.29 is 14.3 Å². The standard InChI is InChI=1S/C34H35N3O4/c38-29-17-18-36-32(33(29)41-22-24-8-2-1-3-9-24)34(39)35-19-21-40-20-7-13-26-11-6-12-27-16-15-25-10-4-5-14-28(25)31(30(26)27)37(36)23-35/h1-14,17-18,25,27-28,30-31H,15-16,19-23H2/b13-7-/t25?,27?,28?,30?,31-/m1/s1. The Hall–Kier alpha value is -4.10. The zero-order chi connectivity index (χ0) is 27.8. The van der Waals surface area contributed by atoms with E-state index in [4.69, 9.17) is 9.47 Å². The Kier molecular flexibility index (Phi) is 6.97. The van der Waals surface area contributed by atoms with E-state index >= 15 is 0 Å². The summed E-state index contributed by atoms with van der Waals surface area (Å²) in [5, 5.41) is 2.32. The van der Waals surface area contributed by atoms with E-state index in [1.54, 1.807) is 6.20 Å². The minimum Gasteiger partial charge on any atom is -0.482 e. The molecule has 1 aromatic carbocycles. The average molecular weight is 550 g/mol. The highest BCUT2D eigenvalue weighted by Crippen LogP contribution is 2.46. The molecule has 210 valence electrons. The fourth-order valence-electron chi connectivity index (χ4n) is 7.18. The van der Waals surface area contributed by atoms with Gasteiger partial charge in [0.15, 0.2) is 11.4 Å². The molecule has 0 radical (unpaired) electrons. The first kappa shape index (κ1) is 25.8. The molecule has 5 aliphatic rings. The van der Waals surface area contributed by atoms with Crippen molar-refractivity contribution in [1.29, 1.82) is 0 Å². The highest BCUT2D eigenvalue weighted by atomic mass is 16.5. The maximum absolute atomic E-state index is 14.1. The summed E-state index contributed by atoms with van der Waals surface area (Å²) in [4.78, 5) is 29.2. The molecule has 1 fully saturated rings. The van der Waals surface area contributed by atoms with Crippen LogP contribution in [-0.2, 0) is 11.3 Å². The second-order valence-electron chi connectivity index (χ2n) is 11.4. The smallest absolute Gasteiger partial charge is 0.277 e. The summed E-state index contributed by atoms with van der Waals surface area (Å²) < 4.78 is 14.0. The van der Waals surface area contributed by atoms with Gasteiger partial charge in [0.2, 0.25) is 5.43 Å². The number of rotatable bonds is 3. The van der Waals surface area contributed by atoms with Crippen LogP contribution in [0.4, 0.5) is 0 Å². The molecule has 7 heteroatoms. The van der Waals surface area contributed by atoms with Crippen LogP contribution in [0.3, 0.4) is 0 Å². The number of aromatic nitrogens is 1. The summed E-state index contributed by atoms with van der Waals surface area (Å²) in [5.74, 6) is 1.10. The number of carbonyl (C=O) groups is 1. The minimum absolute atomic E-state index is 0.0497. The van der Waals surface area contributed by atoms with Gasteiger partial charge in [0.1, 0.15) is 13.3 Å². The van der Waals surface area contributed by atoms with Crippen LogP contribution in [0, 0.1) is 23.7 Å². The number of pyridine rings is 1. The van der Waals surface area contributed by atoms with Gasteiger partial charge in [-0.15, -0.1) is 0 Å². The molecule has 2 bridgehead atoms. The van der Waals surface area contributed by atoms with E-state index in [0.717, 1.165) is 18.4 Å². The molecule has 0 N–H and O–H groups in total. The topological polar surface area (TPSA) is 64.0 Å². The summed E-state index contributed by atoms with van der Waals surface area (Å²) in [6, 6.07) is 11.3. The quantitative estimate of drug-likeness (QED) is 0.560. The van der Waals surface area contributed by atoms with Gasteiger partial charge in [0.25, 0.3) is 5.91 Å². The normalized spacial score (nSPS) is 29.2. The lowest BCUT2D eigenvalue weighted by atomic mass is 9.72. The van der Waals surface area contributed by atoms with Crippen molar-refractivity contribution in [3.8, 4) is 5.75 Å². The number of amides is 1. The number of ether oxygens (including phenoxy) is 2. The van der Waals surface area contributed by atoms with Crippen LogP contribution in [0.5, 0.6) is 5.75 Å². The van der Waals surface area contributed by atoms with E-state index < -0.39 is 0 Å². The fourth-order valence-corrected chi connectivity index (χ4v) is 7.18. The van der Waals surface area contributed by atoms with E-state index in [1.165, 1.54) is 11.6 Å². The number of allylic oxidation sites excluding steroid dienone is 7. The van der Waals surface area contributed by atoms with Gasteiger partial charge in [-0.3, -0.25) is 19.3 Å². The monoisotopic (exact) mass is 549 g/mol. The molecule has 2 aliphatic heterocycles. The van der Waals surface area contributed by atoms with Crippen LogP contribution in [0.1, 0.15) is 28.9 Å². The number of hydrogen-bond donors (Lipinski definition) is 0. The maximum Gasteiger partial charge on any atom is 0.277 e. The molecule has 7 rings (SSSR count). The third kappa shape index (κ3) is 4.78. The van der Waals surface area contributed by atoms with Gasteiger partial charge in [-0.25, -0.2) is 0 Å². The van der Waals surface area contributed by atoms with E-state index in [1.807, 2.05) is 39.9 Å². The van der Waals surface area contributed by atoms with Crippen molar-refractivity contribution in [3.63, 3.8) is 0 Å². The number of nitrogens with zero attached hydrogens (tertiary/aromatic N) is 3. The van der Waals surface area contributed by atoms with Crippen molar-refractivity contribution in [2.24, 2.45) is 23.7 Å². The van der Waals surface area contributed by atoms with Gasteiger partial charge in [0.05, 0.1) is 19.3 Å². The summed E-state index contributed by atoms with van der Waals surface area (Å²) in [6.07, 6.45) is 24.1. The molecule has 5 atom stereocenters. The molecule has 7 nitrogen and oxygen atoms in total. The van der Waals surface area contributed by atoms with E-state index in [0.29, 0.717) is 38.3 Å². The Labute approximate surface area is 240 Å². The number of hydrogen-bond acceptors (Lipinski definition) is 5. The highest BCUT2D eigenvalue weighted by Gasteiger charge is 2.47. The predicted octanol–water partition coefficient (Wildman–Crippen LogP) is 4.61. The highest BCUT2D eigenvalue weighted by molar-refractivity contribution is 5.96. The number of carbonyl (C=O) groups excluding carboxylic acids is 1. The van der Waals surface area contributed by atoms with Gasteiger partial charge in [-0.05, 0) is 35.8 Å². The predicted molar refractivity (Wildman–Crippen MR) is 158 cm³/mol. The van der Waals surface area contributed by atoms with Crippen molar-refractivity contribution in [2.45, 2.75) is 25.5 Å². The van der Waals surface area contributed by atoms with Gasteiger partial charge < -0.3 is 14.4 Å². The summed E-state index contributed by atoms with van der Waals surface area (Å²) in [5.41, 5.74) is 2.21. The lowest BCUT2D eigenvalue weighted by Crippen LogP contribution is -2.62. The molecule has 3 heterocycles. The van der Waals surface area contributed by atoms with Crippen LogP contribution in [-0.4, -0.2) is 48.0 Å². The van der Waals surface area contributed by atoms with Crippen LogP contribution in [0.25, 0.3) is 0 Å². The number of benzene rings is 1. The third-order valence-corrected chi connectivity index (χ3v) is 9.10. The second-order valence-corrected chi connectivity index (χ2v) is 11.4. The van der Waals surface area contributed by atoms with Gasteiger partial charge in [0, 0.05) is 30.6 Å². The van der Waals surface area contributed by atoms with Crippen LogP contribution in [0.2, 0.25) is 0 Å². The van der Waals surface area contributed by atoms with Crippen LogP contribution >= 0.6 is 0 Å². The molecule has 2 aromatic rings. The Morgan fingerprint density at radius 2 is 1.78 bits per heavy atom. The largest absolute Gasteiger partial charge is 0.482 e. The molecule has 1 amide bonds. The molecular weight excluding hydrogens is 514 g/mol. The molecule has 3 aliphatic carbocycles. The summed E-state index contributed by atoms with van der Waals surface area (Å²) >= 11 is 0. The van der Waals surface area contributed by atoms with Crippen molar-refractivity contribution in [3.05, 3.63) is 124 Å². The van der Waals surface area contributed by atoms with Crippen LogP contribution < -0.4 is 15.2 Å². The van der Waals surface area contributed by atoms with Crippen molar-refractivity contribution >= 4 is 5.91 Å². The van der Waals surface area contributed by atoms with Crippen molar-refractivity contribution in [1.82, 2.24) is 9.58 Å². The third-order valence-electron chi connectivity index (χ3n) is 9.10. The maximum atomic E-state index is 14.1. The Morgan fingerprint density at radius 1 is 0.951 bits per heavy atom. The molecule has 1 aromatic heterocycles. The lowest BCUT2D eigenvalue weighted by Gasteiger charge is -2.50. The van der Waals surface area contributed by atoms with Gasteiger partial charge in [-0.2, -0.15) is 0 Å². The molecule has 0 spiro atoms. The number of fused-ring (bicyclic) bond motifs is 7. The van der Waals surface area contributed by atoms with E-state index in [2.05, 4.69) is 59.7 Å². The Balaban J connectivity index is 1.39. The molecule has 0 saturated heterocycles. The second kappa shape index (κ2) is 11.1. The van der Waals surface area contributed by atoms with Gasteiger partial charge >= 0.3 is 0 Å². The minimum atomic E-state index is -0.291. The summed E-state index contributed by atoms with van der Waals surface area (Å²) in [7, 11) is 0. The van der Waals surface area contributed by atoms with Crippen LogP contribution in [0.15, 0.2) is 108 Å². The zero-order valence-corrected chi connectivity index (χ0v) is 23.0. The first-order valence-corrected chi connectivity index (χ1v) is 14.7. The first-order chi connectivity index (χ1) is 20.2. The zero-order valence-electron chi connectivity index (χ0n) is 23.0. The average Bonchev–Trinajstić information content (AvgIpc) is 3.17. The SMILES string of the molecule is O=C1c2c(OCc3ccccc3)c(=O)ccn2N2CN1CCOC/C=C\C1=CC=CC3CCC4C=CC=CC4[C@@H]2C13. The molecule has 4 unspecified atom stereocenters. The Morgan fingerprint density at radius 3 is 2.68 bits per heavy atom. The van der Waals surface area contributed by atoms with Crippen molar-refractivity contribution in [2.75, 3.05) is 31.4 Å². The lowest BCUT2D eigenvalue weighted by molar-refractivity contribution is 0.0557. The molecular formula is C34H35N3O4. The van der Waals surface area contributed by atoms with E-state index in [9.17, 15) is 9.59 Å². The van der Waals surface area contributed by atoms with Gasteiger partial charge in [-0.1, -0.05) is 85.0 Å². The fraction of sp³-hybridized carbons (Fsp3) is 0.353. The van der Waals surface area contributed by atoms with E-state index in [-0.39, 0.29) is 47.3 Å². The Bertz CT molecular complexity index is 1520. The molecule has 41 heavy (non-hydrogen) atoms.